The molecule has 7 nitrogen and oxygen atoms in total. The number of aromatic nitrogens is 1. The van der Waals surface area contributed by atoms with Crippen molar-refractivity contribution in [1.29, 1.82) is 0 Å². The molecule has 0 radical (unpaired) electrons. The minimum absolute atomic E-state index is 0.0437. The smallest absolute Gasteiger partial charge is 0.272 e. The number of benzene rings is 3. The van der Waals surface area contributed by atoms with Crippen molar-refractivity contribution in [1.82, 2.24) is 4.98 Å². The van der Waals surface area contributed by atoms with Crippen molar-refractivity contribution in [3.63, 3.8) is 0 Å². The third-order valence-electron chi connectivity index (χ3n) is 4.66. The number of carbonyl (C=O) groups excluding carboxylic acids is 1. The number of aryl methyl sites for hydroxylation is 2. The number of nitrogens with one attached hydrogen (secondary N) is 1. The van der Waals surface area contributed by atoms with E-state index in [2.05, 4.69) is 10.3 Å². The van der Waals surface area contributed by atoms with Gasteiger partial charge in [-0.25, -0.2) is 4.98 Å². The molecule has 0 atom stereocenters. The molecule has 0 aliphatic heterocycles. The molecule has 4 aromatic rings. The average Bonchev–Trinajstić information content (AvgIpc) is 3.12. The van der Waals surface area contributed by atoms with E-state index in [1.54, 1.807) is 25.1 Å². The SMILES string of the molecule is Cc1ccc2oc(-c3ccc(Cl)c(NC(=O)c4ccc([N+](=O)[O-])c(C)c4)c3)nc2c1. The van der Waals surface area contributed by atoms with Crippen LogP contribution in [-0.4, -0.2) is 15.8 Å². The monoisotopic (exact) mass is 421 g/mol. The summed E-state index contributed by atoms with van der Waals surface area (Å²) in [5.74, 6) is -0.0193. The first-order chi connectivity index (χ1) is 14.3. The summed E-state index contributed by atoms with van der Waals surface area (Å²) in [7, 11) is 0. The third kappa shape index (κ3) is 3.75. The van der Waals surface area contributed by atoms with Crippen LogP contribution in [0.25, 0.3) is 22.6 Å². The zero-order valence-corrected chi connectivity index (χ0v) is 16.9. The molecule has 0 unspecified atom stereocenters. The van der Waals surface area contributed by atoms with Crippen molar-refractivity contribution in [3.8, 4) is 11.5 Å². The van der Waals surface area contributed by atoms with Gasteiger partial charge < -0.3 is 9.73 Å². The van der Waals surface area contributed by atoms with Crippen molar-refractivity contribution in [2.75, 3.05) is 5.32 Å². The van der Waals surface area contributed by atoms with Crippen LogP contribution >= 0.6 is 11.6 Å². The number of fused-ring (bicyclic) bond motifs is 1. The molecule has 1 heterocycles. The normalized spacial score (nSPS) is 10.9. The summed E-state index contributed by atoms with van der Waals surface area (Å²) in [5.41, 5.74) is 4.16. The van der Waals surface area contributed by atoms with Gasteiger partial charge in [-0.1, -0.05) is 17.7 Å². The molecule has 0 bridgehead atoms. The molecule has 1 amide bonds. The van der Waals surface area contributed by atoms with E-state index in [0.717, 1.165) is 11.1 Å². The Balaban J connectivity index is 1.64. The maximum Gasteiger partial charge on any atom is 0.272 e. The van der Waals surface area contributed by atoms with Gasteiger partial charge in [0.2, 0.25) is 5.89 Å². The van der Waals surface area contributed by atoms with Gasteiger partial charge in [0.15, 0.2) is 5.58 Å². The van der Waals surface area contributed by atoms with Gasteiger partial charge in [0.05, 0.1) is 15.6 Å². The molecule has 0 saturated heterocycles. The molecular formula is C22H16ClN3O4. The Hall–Kier alpha value is -3.71. The number of carbonyl (C=O) groups is 1. The lowest BCUT2D eigenvalue weighted by Crippen LogP contribution is -2.12. The van der Waals surface area contributed by atoms with Crippen LogP contribution < -0.4 is 5.32 Å². The Morgan fingerprint density at radius 1 is 1.10 bits per heavy atom. The summed E-state index contributed by atoms with van der Waals surface area (Å²) in [5, 5.41) is 14.1. The van der Waals surface area contributed by atoms with Crippen molar-refractivity contribution in [2.24, 2.45) is 0 Å². The summed E-state index contributed by atoms with van der Waals surface area (Å²) in [6.45, 7) is 3.56. The summed E-state index contributed by atoms with van der Waals surface area (Å²) >= 11 is 6.26. The zero-order valence-electron chi connectivity index (χ0n) is 16.1. The van der Waals surface area contributed by atoms with Gasteiger partial charge in [0.25, 0.3) is 11.6 Å². The predicted molar refractivity (Wildman–Crippen MR) is 115 cm³/mol. The molecule has 0 aliphatic rings. The van der Waals surface area contributed by atoms with Gasteiger partial charge in [-0.05, 0) is 61.9 Å². The highest BCUT2D eigenvalue weighted by Crippen LogP contribution is 2.31. The molecule has 4 rings (SSSR count). The van der Waals surface area contributed by atoms with E-state index in [4.69, 9.17) is 16.0 Å². The van der Waals surface area contributed by atoms with Gasteiger partial charge in [-0.3, -0.25) is 14.9 Å². The second-order valence-corrected chi connectivity index (χ2v) is 7.30. The van der Waals surface area contributed by atoms with Gasteiger partial charge in [0.1, 0.15) is 5.52 Å². The molecular weight excluding hydrogens is 406 g/mol. The van der Waals surface area contributed by atoms with Gasteiger partial charge in [0, 0.05) is 22.8 Å². The molecule has 0 saturated carbocycles. The summed E-state index contributed by atoms with van der Waals surface area (Å²) in [6.07, 6.45) is 0. The van der Waals surface area contributed by atoms with Crippen LogP contribution in [0.4, 0.5) is 11.4 Å². The molecule has 1 aromatic heterocycles. The lowest BCUT2D eigenvalue weighted by atomic mass is 10.1. The predicted octanol–water partition coefficient (Wildman–Crippen LogP) is 5.93. The molecule has 1 N–H and O–H groups in total. The highest BCUT2D eigenvalue weighted by Gasteiger charge is 2.16. The van der Waals surface area contributed by atoms with Gasteiger partial charge in [-0.2, -0.15) is 0 Å². The van der Waals surface area contributed by atoms with Crippen molar-refractivity contribution >= 4 is 40.0 Å². The Labute approximate surface area is 176 Å². The molecule has 8 heteroatoms. The third-order valence-corrected chi connectivity index (χ3v) is 4.99. The number of rotatable bonds is 4. The minimum Gasteiger partial charge on any atom is -0.436 e. The first-order valence-electron chi connectivity index (χ1n) is 9.05. The largest absolute Gasteiger partial charge is 0.436 e. The van der Waals surface area contributed by atoms with E-state index >= 15 is 0 Å². The minimum atomic E-state index is -0.487. The standard InChI is InChI=1S/C22H16ClN3O4/c1-12-3-8-20-18(9-12)25-22(30-20)15-4-6-16(23)17(11-15)24-21(27)14-5-7-19(26(28)29)13(2)10-14/h3-11H,1-2H3,(H,24,27). The number of amides is 1. The first-order valence-corrected chi connectivity index (χ1v) is 9.43. The number of oxazole rings is 1. The molecule has 150 valence electrons. The van der Waals surface area contributed by atoms with E-state index in [0.29, 0.717) is 33.3 Å². The van der Waals surface area contributed by atoms with E-state index in [-0.39, 0.29) is 11.3 Å². The van der Waals surface area contributed by atoms with Crippen LogP contribution in [0, 0.1) is 24.0 Å². The van der Waals surface area contributed by atoms with Crippen molar-refractivity contribution in [2.45, 2.75) is 13.8 Å². The number of hydrogen-bond acceptors (Lipinski definition) is 5. The van der Waals surface area contributed by atoms with Crippen LogP contribution in [0.1, 0.15) is 21.5 Å². The van der Waals surface area contributed by atoms with Crippen LogP contribution in [-0.2, 0) is 0 Å². The van der Waals surface area contributed by atoms with E-state index in [9.17, 15) is 14.9 Å². The Kier molecular flexibility index (Phi) is 4.97. The summed E-state index contributed by atoms with van der Waals surface area (Å²) in [6, 6.07) is 15.0. The van der Waals surface area contributed by atoms with Crippen LogP contribution in [0.2, 0.25) is 5.02 Å². The van der Waals surface area contributed by atoms with Crippen LogP contribution in [0.5, 0.6) is 0 Å². The number of nitro groups is 1. The number of halogens is 1. The fourth-order valence-electron chi connectivity index (χ4n) is 3.11. The highest BCUT2D eigenvalue weighted by atomic mass is 35.5. The van der Waals surface area contributed by atoms with Crippen molar-refractivity contribution in [3.05, 3.63) is 86.4 Å². The van der Waals surface area contributed by atoms with E-state index in [1.165, 1.54) is 18.2 Å². The molecule has 0 spiro atoms. The lowest BCUT2D eigenvalue weighted by molar-refractivity contribution is -0.385. The van der Waals surface area contributed by atoms with Gasteiger partial charge >= 0.3 is 0 Å². The quantitative estimate of drug-likeness (QED) is 0.325. The lowest BCUT2D eigenvalue weighted by Gasteiger charge is -2.09. The molecule has 0 aliphatic carbocycles. The second kappa shape index (κ2) is 7.61. The summed E-state index contributed by atoms with van der Waals surface area (Å²) < 4.78 is 5.81. The van der Waals surface area contributed by atoms with Gasteiger partial charge in [-0.15, -0.1) is 0 Å². The molecule has 30 heavy (non-hydrogen) atoms. The molecule has 0 fully saturated rings. The van der Waals surface area contributed by atoms with Crippen LogP contribution in [0.15, 0.2) is 59.0 Å². The van der Waals surface area contributed by atoms with E-state index in [1.807, 2.05) is 25.1 Å². The van der Waals surface area contributed by atoms with Crippen molar-refractivity contribution < 1.29 is 14.1 Å². The molecule has 3 aromatic carbocycles. The highest BCUT2D eigenvalue weighted by molar-refractivity contribution is 6.34. The van der Waals surface area contributed by atoms with Crippen LogP contribution in [0.3, 0.4) is 0 Å². The number of anilines is 1. The van der Waals surface area contributed by atoms with E-state index < -0.39 is 10.8 Å². The maximum atomic E-state index is 12.6. The Bertz CT molecular complexity index is 1310. The number of hydrogen-bond donors (Lipinski definition) is 1. The maximum absolute atomic E-state index is 12.6. The Morgan fingerprint density at radius 2 is 1.90 bits per heavy atom. The fraction of sp³-hybridized carbons (Fsp3) is 0.0909. The topological polar surface area (TPSA) is 98.3 Å². The second-order valence-electron chi connectivity index (χ2n) is 6.90. The Morgan fingerprint density at radius 3 is 2.63 bits per heavy atom. The summed E-state index contributed by atoms with van der Waals surface area (Å²) in [4.78, 5) is 27.6. The number of nitro benzene ring substituents is 1. The average molecular weight is 422 g/mol. The number of nitrogens with zero attached hydrogens (tertiary/aromatic N) is 2. The first kappa shape index (κ1) is 19.6. The zero-order chi connectivity index (χ0) is 21.4. The fourth-order valence-corrected chi connectivity index (χ4v) is 3.28.